The number of carbonyl (C=O) groups excluding carboxylic acids is 1. The van der Waals surface area contributed by atoms with Crippen molar-refractivity contribution in [2.24, 2.45) is 11.3 Å². The first-order chi connectivity index (χ1) is 10.1. The molecule has 1 aliphatic rings. The van der Waals surface area contributed by atoms with E-state index in [0.29, 0.717) is 17.7 Å². The molecule has 4 nitrogen and oxygen atoms in total. The molecule has 0 bridgehead atoms. The standard InChI is InChI=1S/C17H27NO3/c1-13(2)10-17(7-4-5-8-17)12-18-11-14-6-9-21-15(14)16(19)20-3/h6,9,13,18H,4-5,7-8,10-12H2,1-3H3. The zero-order valence-electron chi connectivity index (χ0n) is 13.4. The van der Waals surface area contributed by atoms with Gasteiger partial charge in [0.05, 0.1) is 13.4 Å². The lowest BCUT2D eigenvalue weighted by molar-refractivity contribution is 0.0563. The first kappa shape index (κ1) is 16.1. The van der Waals surface area contributed by atoms with Gasteiger partial charge in [0, 0.05) is 18.7 Å². The van der Waals surface area contributed by atoms with Crippen molar-refractivity contribution < 1.29 is 13.9 Å². The molecule has 2 rings (SSSR count). The molecule has 1 aromatic heterocycles. The molecule has 4 heteroatoms. The van der Waals surface area contributed by atoms with Crippen LogP contribution in [0.2, 0.25) is 0 Å². The van der Waals surface area contributed by atoms with Crippen molar-refractivity contribution in [1.29, 1.82) is 0 Å². The predicted molar refractivity (Wildman–Crippen MR) is 82.1 cm³/mol. The molecule has 1 heterocycles. The molecule has 1 aromatic rings. The van der Waals surface area contributed by atoms with Gasteiger partial charge < -0.3 is 14.5 Å². The third-order valence-corrected chi connectivity index (χ3v) is 4.44. The molecule has 0 saturated heterocycles. The van der Waals surface area contributed by atoms with Crippen molar-refractivity contribution in [2.45, 2.75) is 52.5 Å². The summed E-state index contributed by atoms with van der Waals surface area (Å²) in [6, 6.07) is 1.84. The molecule has 0 aliphatic heterocycles. The molecule has 0 unspecified atom stereocenters. The Bertz CT molecular complexity index is 458. The van der Waals surface area contributed by atoms with Gasteiger partial charge in [-0.1, -0.05) is 26.7 Å². The van der Waals surface area contributed by atoms with E-state index in [4.69, 9.17) is 9.15 Å². The lowest BCUT2D eigenvalue weighted by Gasteiger charge is -2.31. The number of esters is 1. The topological polar surface area (TPSA) is 51.5 Å². The SMILES string of the molecule is COC(=O)c1occc1CNCC1(CC(C)C)CCCC1. The highest BCUT2D eigenvalue weighted by Gasteiger charge is 2.33. The minimum Gasteiger partial charge on any atom is -0.463 e. The second-order valence-corrected chi connectivity index (χ2v) is 6.68. The summed E-state index contributed by atoms with van der Waals surface area (Å²) in [4.78, 5) is 11.6. The Hall–Kier alpha value is -1.29. The van der Waals surface area contributed by atoms with Crippen LogP contribution in [0.5, 0.6) is 0 Å². The average Bonchev–Trinajstić information content (AvgIpc) is 3.07. The van der Waals surface area contributed by atoms with Crippen LogP contribution >= 0.6 is 0 Å². The number of methoxy groups -OCH3 is 1. The molecule has 0 aromatic carbocycles. The normalized spacial score (nSPS) is 17.3. The van der Waals surface area contributed by atoms with E-state index >= 15 is 0 Å². The van der Waals surface area contributed by atoms with Crippen molar-refractivity contribution >= 4 is 5.97 Å². The third kappa shape index (κ3) is 4.10. The molecule has 0 radical (unpaired) electrons. The summed E-state index contributed by atoms with van der Waals surface area (Å²) in [5.74, 6) is 0.633. The molecular formula is C17H27NO3. The van der Waals surface area contributed by atoms with E-state index in [9.17, 15) is 4.79 Å². The summed E-state index contributed by atoms with van der Waals surface area (Å²) in [5.41, 5.74) is 1.31. The first-order valence-electron chi connectivity index (χ1n) is 7.92. The van der Waals surface area contributed by atoms with Crippen LogP contribution in [0.3, 0.4) is 0 Å². The van der Waals surface area contributed by atoms with Crippen molar-refractivity contribution in [1.82, 2.24) is 5.32 Å². The van der Waals surface area contributed by atoms with Crippen LogP contribution < -0.4 is 5.32 Å². The van der Waals surface area contributed by atoms with Crippen molar-refractivity contribution in [3.8, 4) is 0 Å². The van der Waals surface area contributed by atoms with Gasteiger partial charge in [-0.25, -0.2) is 4.79 Å². The summed E-state index contributed by atoms with van der Waals surface area (Å²) in [5, 5.41) is 3.53. The number of hydrogen-bond acceptors (Lipinski definition) is 4. The van der Waals surface area contributed by atoms with Crippen LogP contribution in [0, 0.1) is 11.3 Å². The third-order valence-electron chi connectivity index (χ3n) is 4.44. The Labute approximate surface area is 127 Å². The van der Waals surface area contributed by atoms with Crippen molar-refractivity contribution in [2.75, 3.05) is 13.7 Å². The quantitative estimate of drug-likeness (QED) is 0.778. The van der Waals surface area contributed by atoms with E-state index in [1.54, 1.807) is 6.26 Å². The van der Waals surface area contributed by atoms with E-state index in [1.807, 2.05) is 6.07 Å². The van der Waals surface area contributed by atoms with Gasteiger partial charge in [-0.05, 0) is 36.7 Å². The molecule has 1 aliphatic carbocycles. The van der Waals surface area contributed by atoms with Crippen molar-refractivity contribution in [3.05, 3.63) is 23.7 Å². The summed E-state index contributed by atoms with van der Waals surface area (Å²) in [6.07, 6.45) is 8.12. The molecule has 0 atom stereocenters. The fourth-order valence-corrected chi connectivity index (χ4v) is 3.65. The van der Waals surface area contributed by atoms with Crippen LogP contribution in [-0.2, 0) is 11.3 Å². The smallest absolute Gasteiger partial charge is 0.374 e. The Kier molecular flexibility index (Phi) is 5.45. The highest BCUT2D eigenvalue weighted by molar-refractivity contribution is 5.87. The Balaban J connectivity index is 1.91. The highest BCUT2D eigenvalue weighted by Crippen LogP contribution is 2.42. The number of hydrogen-bond donors (Lipinski definition) is 1. The summed E-state index contributed by atoms with van der Waals surface area (Å²) < 4.78 is 9.94. The number of ether oxygens (including phenoxy) is 1. The van der Waals surface area contributed by atoms with Crippen LogP contribution in [0.4, 0.5) is 0 Å². The average molecular weight is 293 g/mol. The molecule has 1 N–H and O–H groups in total. The van der Waals surface area contributed by atoms with Gasteiger partial charge in [-0.3, -0.25) is 0 Å². The van der Waals surface area contributed by atoms with Gasteiger partial charge in [0.15, 0.2) is 0 Å². The van der Waals surface area contributed by atoms with Crippen LogP contribution in [0.1, 0.15) is 62.1 Å². The molecule has 1 saturated carbocycles. The zero-order valence-corrected chi connectivity index (χ0v) is 13.4. The Morgan fingerprint density at radius 3 is 2.76 bits per heavy atom. The summed E-state index contributed by atoms with van der Waals surface area (Å²) in [7, 11) is 1.37. The maximum atomic E-state index is 11.6. The van der Waals surface area contributed by atoms with Crippen LogP contribution in [0.15, 0.2) is 16.7 Å². The Morgan fingerprint density at radius 1 is 1.43 bits per heavy atom. The predicted octanol–water partition coefficient (Wildman–Crippen LogP) is 3.76. The number of furan rings is 1. The van der Waals surface area contributed by atoms with Gasteiger partial charge in [0.1, 0.15) is 0 Å². The first-order valence-corrected chi connectivity index (χ1v) is 7.92. The summed E-state index contributed by atoms with van der Waals surface area (Å²) >= 11 is 0. The Morgan fingerprint density at radius 2 is 2.14 bits per heavy atom. The maximum Gasteiger partial charge on any atom is 0.374 e. The molecule has 1 fully saturated rings. The van der Waals surface area contributed by atoms with Crippen LogP contribution in [0.25, 0.3) is 0 Å². The lowest BCUT2D eigenvalue weighted by atomic mass is 9.78. The second-order valence-electron chi connectivity index (χ2n) is 6.68. The van der Waals surface area contributed by atoms with E-state index in [1.165, 1.54) is 39.2 Å². The maximum absolute atomic E-state index is 11.6. The number of rotatable bonds is 7. The molecular weight excluding hydrogens is 266 g/mol. The van der Waals surface area contributed by atoms with Gasteiger partial charge in [-0.15, -0.1) is 0 Å². The molecule has 0 spiro atoms. The fraction of sp³-hybridized carbons (Fsp3) is 0.706. The largest absolute Gasteiger partial charge is 0.463 e. The fourth-order valence-electron chi connectivity index (χ4n) is 3.65. The van der Waals surface area contributed by atoms with Gasteiger partial charge in [-0.2, -0.15) is 0 Å². The molecule has 0 amide bonds. The van der Waals surface area contributed by atoms with E-state index < -0.39 is 5.97 Å². The lowest BCUT2D eigenvalue weighted by Crippen LogP contribution is -2.33. The highest BCUT2D eigenvalue weighted by atomic mass is 16.5. The van der Waals surface area contributed by atoms with Gasteiger partial charge in [0.25, 0.3) is 0 Å². The molecule has 118 valence electrons. The van der Waals surface area contributed by atoms with E-state index in [2.05, 4.69) is 19.2 Å². The molecule has 21 heavy (non-hydrogen) atoms. The summed E-state index contributed by atoms with van der Waals surface area (Å²) in [6.45, 7) is 6.26. The van der Waals surface area contributed by atoms with E-state index in [0.717, 1.165) is 18.0 Å². The number of nitrogens with one attached hydrogen (secondary N) is 1. The second kappa shape index (κ2) is 7.12. The number of carbonyl (C=O) groups is 1. The van der Waals surface area contributed by atoms with Crippen molar-refractivity contribution in [3.63, 3.8) is 0 Å². The zero-order chi connectivity index (χ0) is 15.3. The van der Waals surface area contributed by atoms with Crippen LogP contribution in [-0.4, -0.2) is 19.6 Å². The van der Waals surface area contributed by atoms with Gasteiger partial charge >= 0.3 is 5.97 Å². The van der Waals surface area contributed by atoms with Gasteiger partial charge in [0.2, 0.25) is 5.76 Å². The minimum atomic E-state index is -0.408. The van der Waals surface area contributed by atoms with E-state index in [-0.39, 0.29) is 0 Å². The minimum absolute atomic E-state index is 0.314. The monoisotopic (exact) mass is 293 g/mol.